The topological polar surface area (TPSA) is 76.7 Å². The molecule has 0 saturated heterocycles. The second kappa shape index (κ2) is 10.9. The Morgan fingerprint density at radius 3 is 1.34 bits per heavy atom. The van der Waals surface area contributed by atoms with Crippen LogP contribution in [0.3, 0.4) is 0 Å². The maximum absolute atomic E-state index is 12.7. The molecule has 0 heterocycles. The van der Waals surface area contributed by atoms with E-state index in [0.29, 0.717) is 57.3 Å². The van der Waals surface area contributed by atoms with E-state index in [-0.39, 0.29) is 11.8 Å². The summed E-state index contributed by atoms with van der Waals surface area (Å²) >= 11 is 11.8. The van der Waals surface area contributed by atoms with Crippen LogP contribution >= 0.6 is 23.2 Å². The Morgan fingerprint density at radius 1 is 0.688 bits per heavy atom. The molecule has 0 fully saturated rings. The monoisotopic (exact) mass is 472 g/mol. The number of anilines is 2. The molecule has 3 rings (SSSR count). The van der Waals surface area contributed by atoms with E-state index in [1.807, 2.05) is 13.8 Å². The first-order valence-corrected chi connectivity index (χ1v) is 10.7. The maximum atomic E-state index is 12.7. The molecule has 3 aromatic carbocycles. The van der Waals surface area contributed by atoms with Crippen LogP contribution in [0.2, 0.25) is 10.0 Å². The number of carbonyl (C=O) groups excluding carboxylic acids is 2. The van der Waals surface area contributed by atoms with E-state index in [0.717, 1.165) is 0 Å². The zero-order chi connectivity index (χ0) is 23.1. The van der Waals surface area contributed by atoms with Gasteiger partial charge >= 0.3 is 0 Å². The molecule has 2 amide bonds. The van der Waals surface area contributed by atoms with Gasteiger partial charge in [0, 0.05) is 33.3 Å². The van der Waals surface area contributed by atoms with E-state index in [9.17, 15) is 9.59 Å². The Balaban J connectivity index is 1.91. The summed E-state index contributed by atoms with van der Waals surface area (Å²) < 4.78 is 11.4. The molecule has 0 aliphatic rings. The predicted molar refractivity (Wildman–Crippen MR) is 128 cm³/mol. The van der Waals surface area contributed by atoms with E-state index >= 15 is 0 Å². The highest BCUT2D eigenvalue weighted by Crippen LogP contribution is 2.37. The van der Waals surface area contributed by atoms with Gasteiger partial charge in [0.05, 0.1) is 24.6 Å². The van der Waals surface area contributed by atoms with E-state index in [2.05, 4.69) is 10.6 Å². The predicted octanol–water partition coefficient (Wildman–Crippen LogP) is 6.30. The summed E-state index contributed by atoms with van der Waals surface area (Å²) in [5, 5.41) is 6.74. The van der Waals surface area contributed by atoms with Gasteiger partial charge < -0.3 is 20.1 Å². The third kappa shape index (κ3) is 5.93. The zero-order valence-corrected chi connectivity index (χ0v) is 19.1. The summed E-state index contributed by atoms with van der Waals surface area (Å²) in [5.74, 6) is 0.125. The molecule has 0 atom stereocenters. The van der Waals surface area contributed by atoms with Crippen LogP contribution < -0.4 is 20.1 Å². The van der Waals surface area contributed by atoms with Crippen molar-refractivity contribution in [1.29, 1.82) is 0 Å². The minimum Gasteiger partial charge on any atom is -0.492 e. The molecule has 2 N–H and O–H groups in total. The Bertz CT molecular complexity index is 1010. The highest BCUT2D eigenvalue weighted by Gasteiger charge is 2.17. The highest BCUT2D eigenvalue weighted by atomic mass is 35.5. The number of benzene rings is 3. The molecule has 0 spiro atoms. The molecule has 0 bridgehead atoms. The number of nitrogens with one attached hydrogen (secondary N) is 2. The summed E-state index contributed by atoms with van der Waals surface area (Å²) in [4.78, 5) is 25.4. The fraction of sp³-hybridized carbons (Fsp3) is 0.167. The fourth-order valence-electron chi connectivity index (χ4n) is 2.90. The molecule has 8 heteroatoms. The second-order valence-electron chi connectivity index (χ2n) is 6.63. The molecule has 0 saturated carbocycles. The highest BCUT2D eigenvalue weighted by molar-refractivity contribution is 6.31. The van der Waals surface area contributed by atoms with Crippen molar-refractivity contribution in [3.8, 4) is 11.5 Å². The zero-order valence-electron chi connectivity index (χ0n) is 17.6. The molecule has 0 aromatic heterocycles. The molecule has 0 radical (unpaired) electrons. The summed E-state index contributed by atoms with van der Waals surface area (Å²) in [6, 6.07) is 16.3. The average Bonchev–Trinajstić information content (AvgIpc) is 2.77. The van der Waals surface area contributed by atoms with E-state index in [1.165, 1.54) is 0 Å². The standard InChI is InChI=1S/C24H22Cl2N2O4/c1-3-31-21-13-20(28-24(30)16-7-11-18(26)12-8-16)22(32-4-2)14-19(21)27-23(29)15-5-9-17(25)10-6-15/h5-14H,3-4H2,1-2H3,(H,27,29)(H,28,30). The van der Waals surface area contributed by atoms with Gasteiger partial charge in [-0.15, -0.1) is 0 Å². The van der Waals surface area contributed by atoms with Gasteiger partial charge in [0.1, 0.15) is 11.5 Å². The van der Waals surface area contributed by atoms with Crippen LogP contribution in [-0.2, 0) is 0 Å². The van der Waals surface area contributed by atoms with Gasteiger partial charge in [-0.25, -0.2) is 0 Å². The Kier molecular flexibility index (Phi) is 7.98. The summed E-state index contributed by atoms with van der Waals surface area (Å²) in [6.45, 7) is 4.38. The molecule has 6 nitrogen and oxygen atoms in total. The van der Waals surface area contributed by atoms with Crippen molar-refractivity contribution in [1.82, 2.24) is 0 Å². The van der Waals surface area contributed by atoms with Gasteiger partial charge in [-0.1, -0.05) is 23.2 Å². The largest absolute Gasteiger partial charge is 0.492 e. The number of ether oxygens (including phenoxy) is 2. The van der Waals surface area contributed by atoms with Crippen LogP contribution in [0.5, 0.6) is 11.5 Å². The van der Waals surface area contributed by atoms with E-state index in [4.69, 9.17) is 32.7 Å². The van der Waals surface area contributed by atoms with Crippen molar-refractivity contribution >= 4 is 46.4 Å². The fourth-order valence-corrected chi connectivity index (χ4v) is 3.15. The summed E-state index contributed by atoms with van der Waals surface area (Å²) in [7, 11) is 0. The van der Waals surface area contributed by atoms with Crippen molar-refractivity contribution in [3.05, 3.63) is 81.8 Å². The molecule has 3 aromatic rings. The Hall–Kier alpha value is -3.22. The van der Waals surface area contributed by atoms with Gasteiger partial charge in [-0.2, -0.15) is 0 Å². The SMILES string of the molecule is CCOc1cc(NC(=O)c2ccc(Cl)cc2)c(OCC)cc1NC(=O)c1ccc(Cl)cc1. The molecule has 0 aliphatic carbocycles. The first kappa shape index (κ1) is 23.4. The molecular formula is C24H22Cl2N2O4. The lowest BCUT2D eigenvalue weighted by molar-refractivity contribution is 0.101. The lowest BCUT2D eigenvalue weighted by Gasteiger charge is -2.18. The minimum absolute atomic E-state index is 0.331. The van der Waals surface area contributed by atoms with Crippen molar-refractivity contribution in [2.24, 2.45) is 0 Å². The van der Waals surface area contributed by atoms with Crippen LogP contribution in [0.15, 0.2) is 60.7 Å². The third-order valence-corrected chi connectivity index (χ3v) is 4.89. The van der Waals surface area contributed by atoms with Gasteiger partial charge in [0.2, 0.25) is 0 Å². The Labute approximate surface area is 196 Å². The van der Waals surface area contributed by atoms with Crippen LogP contribution in [0.25, 0.3) is 0 Å². The van der Waals surface area contributed by atoms with Crippen molar-refractivity contribution in [2.75, 3.05) is 23.8 Å². The van der Waals surface area contributed by atoms with Crippen LogP contribution in [-0.4, -0.2) is 25.0 Å². The first-order chi connectivity index (χ1) is 15.4. The normalized spacial score (nSPS) is 10.4. The van der Waals surface area contributed by atoms with Crippen molar-refractivity contribution in [2.45, 2.75) is 13.8 Å². The quantitative estimate of drug-likeness (QED) is 0.403. The number of hydrogen-bond acceptors (Lipinski definition) is 4. The number of halogens is 2. The van der Waals surface area contributed by atoms with Gasteiger partial charge in [0.25, 0.3) is 11.8 Å². The van der Waals surface area contributed by atoms with E-state index in [1.54, 1.807) is 60.7 Å². The minimum atomic E-state index is -0.331. The van der Waals surface area contributed by atoms with Crippen molar-refractivity contribution in [3.63, 3.8) is 0 Å². The smallest absolute Gasteiger partial charge is 0.255 e. The number of carbonyl (C=O) groups is 2. The van der Waals surface area contributed by atoms with Crippen molar-refractivity contribution < 1.29 is 19.1 Å². The second-order valence-corrected chi connectivity index (χ2v) is 7.51. The molecule has 0 unspecified atom stereocenters. The molecule has 0 aliphatic heterocycles. The van der Waals surface area contributed by atoms with Gasteiger partial charge in [0.15, 0.2) is 0 Å². The van der Waals surface area contributed by atoms with E-state index < -0.39 is 0 Å². The number of hydrogen-bond donors (Lipinski definition) is 2. The summed E-state index contributed by atoms with van der Waals surface area (Å²) in [6.07, 6.45) is 0. The average molecular weight is 473 g/mol. The number of rotatable bonds is 8. The number of amides is 2. The van der Waals surface area contributed by atoms with Crippen LogP contribution in [0.4, 0.5) is 11.4 Å². The van der Waals surface area contributed by atoms with Crippen LogP contribution in [0.1, 0.15) is 34.6 Å². The molecule has 32 heavy (non-hydrogen) atoms. The first-order valence-electron chi connectivity index (χ1n) is 9.98. The summed E-state index contributed by atoms with van der Waals surface area (Å²) in [5.41, 5.74) is 1.71. The third-order valence-electron chi connectivity index (χ3n) is 4.39. The van der Waals surface area contributed by atoms with Gasteiger partial charge in [-0.3, -0.25) is 9.59 Å². The van der Waals surface area contributed by atoms with Crippen LogP contribution in [0, 0.1) is 0 Å². The van der Waals surface area contributed by atoms with Gasteiger partial charge in [-0.05, 0) is 62.4 Å². The molecular weight excluding hydrogens is 451 g/mol. The maximum Gasteiger partial charge on any atom is 0.255 e. The lowest BCUT2D eigenvalue weighted by Crippen LogP contribution is -2.15. The Morgan fingerprint density at radius 2 is 1.03 bits per heavy atom. The lowest BCUT2D eigenvalue weighted by atomic mass is 10.1. The molecule has 166 valence electrons.